The Bertz CT molecular complexity index is 911. The number of anilines is 2. The first-order valence-corrected chi connectivity index (χ1v) is 7.91. The highest BCUT2D eigenvalue weighted by Gasteiger charge is 2.08. The van der Waals surface area contributed by atoms with Gasteiger partial charge < -0.3 is 15.1 Å². The number of rotatable bonds is 5. The van der Waals surface area contributed by atoms with Gasteiger partial charge in [0.15, 0.2) is 5.76 Å². The first kappa shape index (κ1) is 17.0. The second-order valence-corrected chi connectivity index (χ2v) is 5.79. The Morgan fingerprint density at radius 1 is 1.28 bits per heavy atom. The monoisotopic (exact) mass is 359 g/mol. The molecule has 0 aliphatic heterocycles. The Hall–Kier alpha value is -2.86. The molecule has 0 saturated carbocycles. The van der Waals surface area contributed by atoms with E-state index in [1.807, 2.05) is 12.1 Å². The maximum absolute atomic E-state index is 13.6. The van der Waals surface area contributed by atoms with E-state index in [9.17, 15) is 9.18 Å². The maximum Gasteiger partial charge on any atom is 0.221 e. The van der Waals surface area contributed by atoms with E-state index in [-0.39, 0.29) is 11.6 Å². The van der Waals surface area contributed by atoms with Crippen LogP contribution in [0.25, 0.3) is 11.3 Å². The second-order valence-electron chi connectivity index (χ2n) is 5.36. The zero-order valence-electron chi connectivity index (χ0n) is 13.3. The molecular weight excluding hydrogens is 345 g/mol. The molecule has 0 radical (unpaired) electrons. The van der Waals surface area contributed by atoms with Crippen molar-refractivity contribution < 1.29 is 13.6 Å². The molecule has 0 bridgehead atoms. The van der Waals surface area contributed by atoms with E-state index in [0.717, 1.165) is 5.56 Å². The molecule has 1 heterocycles. The third kappa shape index (κ3) is 4.36. The lowest BCUT2D eigenvalue weighted by molar-refractivity contribution is -0.114. The highest BCUT2D eigenvalue weighted by Crippen LogP contribution is 2.24. The smallest absolute Gasteiger partial charge is 0.221 e. The number of carbonyl (C=O) groups excluding carboxylic acids is 1. The van der Waals surface area contributed by atoms with Crippen LogP contribution in [0.4, 0.5) is 15.8 Å². The van der Waals surface area contributed by atoms with Crippen molar-refractivity contribution >= 4 is 28.9 Å². The molecule has 0 aliphatic rings. The molecule has 2 N–H and O–H groups in total. The van der Waals surface area contributed by atoms with Gasteiger partial charge in [-0.2, -0.15) is 0 Å². The number of halogens is 2. The van der Waals surface area contributed by atoms with Crippen molar-refractivity contribution in [2.24, 2.45) is 0 Å². The van der Waals surface area contributed by atoms with Gasteiger partial charge in [0.2, 0.25) is 11.8 Å². The zero-order valence-corrected chi connectivity index (χ0v) is 14.1. The summed E-state index contributed by atoms with van der Waals surface area (Å²) in [5.41, 5.74) is 1.58. The van der Waals surface area contributed by atoms with Gasteiger partial charge in [0.25, 0.3) is 0 Å². The highest BCUT2D eigenvalue weighted by atomic mass is 35.5. The van der Waals surface area contributed by atoms with E-state index < -0.39 is 5.82 Å². The van der Waals surface area contributed by atoms with Crippen LogP contribution in [0.3, 0.4) is 0 Å². The molecule has 3 aromatic rings. The second kappa shape index (κ2) is 7.36. The number of amides is 1. The molecule has 0 unspecified atom stereocenters. The van der Waals surface area contributed by atoms with Crippen LogP contribution >= 0.6 is 11.6 Å². The lowest BCUT2D eigenvalue weighted by Gasteiger charge is -2.08. The minimum absolute atomic E-state index is 0.115. The first-order valence-electron chi connectivity index (χ1n) is 7.53. The predicted molar refractivity (Wildman–Crippen MR) is 95.0 cm³/mol. The van der Waals surface area contributed by atoms with Crippen LogP contribution in [0.2, 0.25) is 5.02 Å². The van der Waals surface area contributed by atoms with Crippen molar-refractivity contribution in [2.45, 2.75) is 13.5 Å². The lowest BCUT2D eigenvalue weighted by Crippen LogP contribution is -2.08. The molecule has 25 heavy (non-hydrogen) atoms. The molecule has 3 rings (SSSR count). The number of hydrogen-bond donors (Lipinski definition) is 2. The normalized spacial score (nSPS) is 10.5. The average molecular weight is 360 g/mol. The summed E-state index contributed by atoms with van der Waals surface area (Å²) >= 11 is 5.97. The fraction of sp³-hybridized carbons (Fsp3) is 0.111. The summed E-state index contributed by atoms with van der Waals surface area (Å²) in [4.78, 5) is 15.3. The lowest BCUT2D eigenvalue weighted by atomic mass is 10.2. The van der Waals surface area contributed by atoms with E-state index in [2.05, 4.69) is 15.6 Å². The maximum atomic E-state index is 13.6. The van der Waals surface area contributed by atoms with Crippen molar-refractivity contribution in [3.05, 3.63) is 65.4 Å². The van der Waals surface area contributed by atoms with Gasteiger partial charge in [-0.15, -0.1) is 0 Å². The van der Waals surface area contributed by atoms with Crippen LogP contribution in [0.5, 0.6) is 0 Å². The van der Waals surface area contributed by atoms with Crippen molar-refractivity contribution in [2.75, 3.05) is 10.6 Å². The molecule has 1 aromatic heterocycles. The van der Waals surface area contributed by atoms with Gasteiger partial charge in [-0.1, -0.05) is 23.7 Å². The summed E-state index contributed by atoms with van der Waals surface area (Å²) in [5.74, 6) is 0.243. The van der Waals surface area contributed by atoms with Crippen LogP contribution in [0, 0.1) is 5.82 Å². The topological polar surface area (TPSA) is 67.2 Å². The molecule has 0 aliphatic carbocycles. The summed E-state index contributed by atoms with van der Waals surface area (Å²) in [7, 11) is 0. The van der Waals surface area contributed by atoms with E-state index in [0.29, 0.717) is 28.9 Å². The fourth-order valence-electron chi connectivity index (χ4n) is 2.27. The molecule has 0 spiro atoms. The molecule has 128 valence electrons. The first-order chi connectivity index (χ1) is 12.0. The van der Waals surface area contributed by atoms with E-state index >= 15 is 0 Å². The molecular formula is C18H15ClFN3O2. The van der Waals surface area contributed by atoms with Gasteiger partial charge in [-0.25, -0.2) is 9.37 Å². The minimum atomic E-state index is -0.500. The minimum Gasteiger partial charge on any atom is -0.439 e. The molecule has 7 heteroatoms. The van der Waals surface area contributed by atoms with Crippen molar-refractivity contribution in [3.8, 4) is 11.3 Å². The number of oxazole rings is 1. The standard InChI is InChI=1S/C18H15ClFN3O2/c1-11(24)23-16-8-14(5-6-15(16)20)21-10-18-22-9-17(25-18)12-3-2-4-13(19)7-12/h2-9,21H,10H2,1H3,(H,23,24). The fourth-order valence-corrected chi connectivity index (χ4v) is 2.46. The van der Waals surface area contributed by atoms with Crippen molar-refractivity contribution in [1.82, 2.24) is 4.98 Å². The Kier molecular flexibility index (Phi) is 5.00. The Labute approximate surface area is 148 Å². The van der Waals surface area contributed by atoms with E-state index in [1.165, 1.54) is 19.1 Å². The highest BCUT2D eigenvalue weighted by molar-refractivity contribution is 6.30. The molecule has 0 atom stereocenters. The largest absolute Gasteiger partial charge is 0.439 e. The van der Waals surface area contributed by atoms with E-state index in [1.54, 1.807) is 24.4 Å². The van der Waals surface area contributed by atoms with Crippen LogP contribution in [0.15, 0.2) is 53.1 Å². The molecule has 5 nitrogen and oxygen atoms in total. The SMILES string of the molecule is CC(=O)Nc1cc(NCc2ncc(-c3cccc(Cl)c3)o2)ccc1F. The molecule has 0 saturated heterocycles. The van der Waals surface area contributed by atoms with Gasteiger partial charge in [0, 0.05) is 23.2 Å². The van der Waals surface area contributed by atoms with Crippen molar-refractivity contribution in [3.63, 3.8) is 0 Å². The zero-order chi connectivity index (χ0) is 17.8. The van der Waals surface area contributed by atoms with Gasteiger partial charge in [0.1, 0.15) is 5.82 Å². The predicted octanol–water partition coefficient (Wildman–Crippen LogP) is 4.70. The van der Waals surface area contributed by atoms with Gasteiger partial charge >= 0.3 is 0 Å². The quantitative estimate of drug-likeness (QED) is 0.692. The number of aromatic nitrogens is 1. The number of carbonyl (C=O) groups is 1. The van der Waals surface area contributed by atoms with Crippen LogP contribution in [0.1, 0.15) is 12.8 Å². The number of nitrogens with zero attached hydrogens (tertiary/aromatic N) is 1. The summed E-state index contributed by atoms with van der Waals surface area (Å²) in [6, 6.07) is 11.6. The van der Waals surface area contributed by atoms with Crippen LogP contribution in [-0.2, 0) is 11.3 Å². The number of hydrogen-bond acceptors (Lipinski definition) is 4. The molecule has 1 amide bonds. The average Bonchev–Trinajstić information content (AvgIpc) is 3.04. The Morgan fingerprint density at radius 3 is 2.88 bits per heavy atom. The summed E-state index contributed by atoms with van der Waals surface area (Å²) < 4.78 is 19.3. The third-order valence-electron chi connectivity index (χ3n) is 3.38. The van der Waals surface area contributed by atoms with Crippen molar-refractivity contribution in [1.29, 1.82) is 0 Å². The molecule has 0 fully saturated rings. The third-order valence-corrected chi connectivity index (χ3v) is 3.62. The van der Waals surface area contributed by atoms with Gasteiger partial charge in [-0.05, 0) is 30.3 Å². The molecule has 2 aromatic carbocycles. The van der Waals surface area contributed by atoms with Crippen LogP contribution in [-0.4, -0.2) is 10.9 Å². The van der Waals surface area contributed by atoms with Crippen LogP contribution < -0.4 is 10.6 Å². The Balaban J connectivity index is 1.69. The van der Waals surface area contributed by atoms with Gasteiger partial charge in [0.05, 0.1) is 18.4 Å². The number of benzene rings is 2. The van der Waals surface area contributed by atoms with Gasteiger partial charge in [-0.3, -0.25) is 4.79 Å². The summed E-state index contributed by atoms with van der Waals surface area (Å²) in [6.07, 6.45) is 1.62. The van der Waals surface area contributed by atoms with E-state index in [4.69, 9.17) is 16.0 Å². The summed E-state index contributed by atoms with van der Waals surface area (Å²) in [6.45, 7) is 1.63. The Morgan fingerprint density at radius 2 is 2.12 bits per heavy atom. The number of nitrogens with one attached hydrogen (secondary N) is 2. The summed E-state index contributed by atoms with van der Waals surface area (Å²) in [5, 5.41) is 6.13.